The number of amides is 2. The maximum atomic E-state index is 12.1. The SMILES string of the molecule is CCCC1CC1NC(=O)N1C(C)SCC1C(=O)O. The Hall–Kier alpha value is -0.910. The molecule has 2 amide bonds. The number of nitrogens with zero attached hydrogens (tertiary/aromatic N) is 1. The molecule has 5 nitrogen and oxygen atoms in total. The molecular formula is C12H20N2O3S. The number of carbonyl (C=O) groups excluding carboxylic acids is 1. The van der Waals surface area contributed by atoms with Crippen molar-refractivity contribution in [3.8, 4) is 0 Å². The smallest absolute Gasteiger partial charge is 0.327 e. The third-order valence-electron chi connectivity index (χ3n) is 3.63. The van der Waals surface area contributed by atoms with Gasteiger partial charge in [-0.2, -0.15) is 0 Å². The minimum absolute atomic E-state index is 0.0607. The third-order valence-corrected chi connectivity index (χ3v) is 4.85. The second kappa shape index (κ2) is 5.38. The molecular weight excluding hydrogens is 252 g/mol. The van der Waals surface area contributed by atoms with Crippen LogP contribution >= 0.6 is 11.8 Å². The maximum Gasteiger partial charge on any atom is 0.327 e. The molecule has 4 atom stereocenters. The Bertz CT molecular complexity index is 350. The molecule has 1 saturated carbocycles. The summed E-state index contributed by atoms with van der Waals surface area (Å²) in [6.07, 6.45) is 3.30. The van der Waals surface area contributed by atoms with Crippen LogP contribution in [0.15, 0.2) is 0 Å². The normalized spacial score (nSPS) is 34.4. The van der Waals surface area contributed by atoms with Crippen molar-refractivity contribution < 1.29 is 14.7 Å². The molecule has 18 heavy (non-hydrogen) atoms. The van der Waals surface area contributed by atoms with Gasteiger partial charge in [0.2, 0.25) is 0 Å². The highest BCUT2D eigenvalue weighted by Crippen LogP contribution is 2.35. The Kier molecular flexibility index (Phi) is 4.04. The zero-order valence-electron chi connectivity index (χ0n) is 10.8. The molecule has 1 aliphatic carbocycles. The minimum atomic E-state index is -0.914. The largest absolute Gasteiger partial charge is 0.480 e. The minimum Gasteiger partial charge on any atom is -0.480 e. The van der Waals surface area contributed by atoms with Gasteiger partial charge in [-0.25, -0.2) is 9.59 Å². The van der Waals surface area contributed by atoms with Crippen LogP contribution < -0.4 is 5.32 Å². The van der Waals surface area contributed by atoms with Gasteiger partial charge in [0.25, 0.3) is 0 Å². The van der Waals surface area contributed by atoms with E-state index in [2.05, 4.69) is 12.2 Å². The van der Waals surface area contributed by atoms with Gasteiger partial charge in [0.1, 0.15) is 6.04 Å². The Morgan fingerprint density at radius 1 is 1.50 bits per heavy atom. The number of carboxylic acids is 1. The fourth-order valence-electron chi connectivity index (χ4n) is 2.49. The van der Waals surface area contributed by atoms with Gasteiger partial charge in [0, 0.05) is 11.8 Å². The van der Waals surface area contributed by atoms with E-state index < -0.39 is 12.0 Å². The van der Waals surface area contributed by atoms with Gasteiger partial charge in [0.15, 0.2) is 0 Å². The van der Waals surface area contributed by atoms with E-state index in [1.165, 1.54) is 16.7 Å². The van der Waals surface area contributed by atoms with Gasteiger partial charge in [0.05, 0.1) is 5.37 Å². The molecule has 1 aliphatic heterocycles. The van der Waals surface area contributed by atoms with E-state index in [9.17, 15) is 9.59 Å². The molecule has 2 N–H and O–H groups in total. The van der Waals surface area contributed by atoms with E-state index in [4.69, 9.17) is 5.11 Å². The van der Waals surface area contributed by atoms with Crippen LogP contribution in [0.25, 0.3) is 0 Å². The number of hydrogen-bond donors (Lipinski definition) is 2. The summed E-state index contributed by atoms with van der Waals surface area (Å²) in [4.78, 5) is 24.7. The zero-order valence-corrected chi connectivity index (χ0v) is 11.6. The maximum absolute atomic E-state index is 12.1. The van der Waals surface area contributed by atoms with Gasteiger partial charge in [-0.3, -0.25) is 4.90 Å². The predicted molar refractivity (Wildman–Crippen MR) is 70.5 cm³/mol. The summed E-state index contributed by atoms with van der Waals surface area (Å²) in [5.41, 5.74) is 0. The van der Waals surface area contributed by atoms with E-state index in [0.717, 1.165) is 19.3 Å². The lowest BCUT2D eigenvalue weighted by Crippen LogP contribution is -2.50. The van der Waals surface area contributed by atoms with Crippen molar-refractivity contribution in [3.05, 3.63) is 0 Å². The number of nitrogens with one attached hydrogen (secondary N) is 1. The Labute approximate surface area is 111 Å². The van der Waals surface area contributed by atoms with Crippen LogP contribution in [0.1, 0.15) is 33.1 Å². The number of thioether (sulfide) groups is 1. The summed E-state index contributed by atoms with van der Waals surface area (Å²) >= 11 is 1.51. The first-order valence-electron chi connectivity index (χ1n) is 6.47. The number of urea groups is 1. The van der Waals surface area contributed by atoms with Crippen molar-refractivity contribution in [2.24, 2.45) is 5.92 Å². The molecule has 1 heterocycles. The monoisotopic (exact) mass is 272 g/mol. The zero-order chi connectivity index (χ0) is 13.3. The van der Waals surface area contributed by atoms with Gasteiger partial charge in [-0.1, -0.05) is 13.3 Å². The molecule has 4 unspecified atom stereocenters. The van der Waals surface area contributed by atoms with Crippen LogP contribution in [0.3, 0.4) is 0 Å². The molecule has 0 aromatic heterocycles. The van der Waals surface area contributed by atoms with E-state index in [0.29, 0.717) is 11.7 Å². The topological polar surface area (TPSA) is 69.6 Å². The standard InChI is InChI=1S/C12H20N2O3S/c1-3-4-8-5-9(8)13-12(17)14-7(2)18-6-10(14)11(15)16/h7-10H,3-6H2,1-2H3,(H,13,17)(H,15,16). The van der Waals surface area contributed by atoms with Gasteiger partial charge in [-0.15, -0.1) is 11.8 Å². The number of rotatable bonds is 4. The van der Waals surface area contributed by atoms with E-state index in [1.807, 2.05) is 6.92 Å². The van der Waals surface area contributed by atoms with Crippen molar-refractivity contribution >= 4 is 23.8 Å². The number of carbonyl (C=O) groups is 2. The average Bonchev–Trinajstić information content (AvgIpc) is 2.88. The molecule has 102 valence electrons. The summed E-state index contributed by atoms with van der Waals surface area (Å²) in [6, 6.07) is -0.651. The van der Waals surface area contributed by atoms with Crippen LogP contribution in [0, 0.1) is 5.92 Å². The lowest BCUT2D eigenvalue weighted by molar-refractivity contribution is -0.141. The first-order chi connectivity index (χ1) is 8.54. The number of hydrogen-bond acceptors (Lipinski definition) is 3. The highest BCUT2D eigenvalue weighted by molar-refractivity contribution is 8.00. The van der Waals surface area contributed by atoms with E-state index in [-0.39, 0.29) is 17.4 Å². The van der Waals surface area contributed by atoms with E-state index in [1.54, 1.807) is 0 Å². The first kappa shape index (κ1) is 13.5. The van der Waals surface area contributed by atoms with Gasteiger partial charge < -0.3 is 10.4 Å². The highest BCUT2D eigenvalue weighted by atomic mass is 32.2. The predicted octanol–water partition coefficient (Wildman–Crippen LogP) is 1.73. The summed E-state index contributed by atoms with van der Waals surface area (Å²) in [5.74, 6) is 0.156. The summed E-state index contributed by atoms with van der Waals surface area (Å²) < 4.78 is 0. The highest BCUT2D eigenvalue weighted by Gasteiger charge is 2.43. The summed E-state index contributed by atoms with van der Waals surface area (Å²) in [5, 5.41) is 12.0. The van der Waals surface area contributed by atoms with Crippen molar-refractivity contribution in [2.45, 2.75) is 50.6 Å². The van der Waals surface area contributed by atoms with Crippen LogP contribution in [0.4, 0.5) is 4.79 Å². The quantitative estimate of drug-likeness (QED) is 0.817. The average molecular weight is 272 g/mol. The van der Waals surface area contributed by atoms with Crippen molar-refractivity contribution in [1.29, 1.82) is 0 Å². The van der Waals surface area contributed by atoms with Gasteiger partial charge >= 0.3 is 12.0 Å². The summed E-state index contributed by atoms with van der Waals surface area (Å²) in [7, 11) is 0. The molecule has 0 radical (unpaired) electrons. The fourth-order valence-corrected chi connectivity index (χ4v) is 3.66. The molecule has 0 spiro atoms. The fraction of sp³-hybridized carbons (Fsp3) is 0.833. The number of aliphatic carboxylic acids is 1. The van der Waals surface area contributed by atoms with Crippen molar-refractivity contribution in [3.63, 3.8) is 0 Å². The third kappa shape index (κ3) is 2.74. The number of carboxylic acid groups (broad SMARTS) is 1. The molecule has 2 aliphatic rings. The molecule has 2 fully saturated rings. The first-order valence-corrected chi connectivity index (χ1v) is 7.52. The molecule has 6 heteroatoms. The van der Waals surface area contributed by atoms with Gasteiger partial charge in [-0.05, 0) is 25.7 Å². The van der Waals surface area contributed by atoms with E-state index >= 15 is 0 Å². The van der Waals surface area contributed by atoms with Crippen molar-refractivity contribution in [1.82, 2.24) is 10.2 Å². The Morgan fingerprint density at radius 2 is 2.22 bits per heavy atom. The van der Waals surface area contributed by atoms with Crippen LogP contribution in [-0.2, 0) is 4.79 Å². The molecule has 0 aromatic carbocycles. The lowest BCUT2D eigenvalue weighted by atomic mass is 10.2. The molecule has 0 bridgehead atoms. The van der Waals surface area contributed by atoms with Crippen molar-refractivity contribution in [2.75, 3.05) is 5.75 Å². The Balaban J connectivity index is 1.89. The molecule has 2 rings (SSSR count). The summed E-state index contributed by atoms with van der Waals surface area (Å²) in [6.45, 7) is 4.01. The lowest BCUT2D eigenvalue weighted by Gasteiger charge is -2.25. The Morgan fingerprint density at radius 3 is 2.83 bits per heavy atom. The molecule has 1 saturated heterocycles. The second-order valence-electron chi connectivity index (χ2n) is 5.03. The van der Waals surface area contributed by atoms with Crippen LogP contribution in [0.2, 0.25) is 0 Å². The van der Waals surface area contributed by atoms with Crippen LogP contribution in [0.5, 0.6) is 0 Å². The molecule has 0 aromatic rings. The van der Waals surface area contributed by atoms with Crippen LogP contribution in [-0.4, -0.2) is 45.2 Å². The second-order valence-corrected chi connectivity index (χ2v) is 6.38.